The van der Waals surface area contributed by atoms with E-state index in [1.54, 1.807) is 20.2 Å². The third-order valence-corrected chi connectivity index (χ3v) is 2.16. The minimum Gasteiger partial charge on any atom is -0.748 e. The lowest BCUT2D eigenvalue weighted by atomic mass is 10.2. The maximum absolute atomic E-state index is 11.4. The van der Waals surface area contributed by atoms with Gasteiger partial charge in [0.15, 0.2) is 0 Å². The molecule has 0 aliphatic carbocycles. The van der Waals surface area contributed by atoms with Gasteiger partial charge in [-0.15, -0.1) is 0 Å². The molecule has 0 aromatic heterocycles. The third kappa shape index (κ3) is 9.83. The van der Waals surface area contributed by atoms with Crippen LogP contribution in [0.2, 0.25) is 0 Å². The topological polar surface area (TPSA) is 86.7 Å². The molecule has 0 bridgehead atoms. The lowest BCUT2D eigenvalue weighted by molar-refractivity contribution is 0.172. The first-order valence-electron chi connectivity index (χ1n) is 6.03. The van der Waals surface area contributed by atoms with Crippen molar-refractivity contribution in [1.82, 2.24) is 9.38 Å². The van der Waals surface area contributed by atoms with Crippen LogP contribution < -0.4 is 9.22 Å². The van der Waals surface area contributed by atoms with Gasteiger partial charge in [-0.25, -0.2) is 13.2 Å². The van der Waals surface area contributed by atoms with Gasteiger partial charge in [-0.1, -0.05) is 6.07 Å². The molecule has 0 saturated heterocycles. The zero-order chi connectivity index (χ0) is 16.8. The normalized spacial score (nSPS) is 11.2. The molecule has 0 aliphatic rings. The first kappa shape index (κ1) is 19.4. The maximum atomic E-state index is 11.4. The van der Waals surface area contributed by atoms with Crippen LogP contribution in [-0.4, -0.2) is 65.5 Å². The van der Waals surface area contributed by atoms with Gasteiger partial charge in [0.2, 0.25) is 0 Å². The van der Waals surface area contributed by atoms with E-state index in [-0.39, 0.29) is 6.09 Å². The zero-order valence-corrected chi connectivity index (χ0v) is 14.0. The van der Waals surface area contributed by atoms with E-state index in [1.807, 2.05) is 18.2 Å². The first-order chi connectivity index (χ1) is 9.30. The fourth-order valence-electron chi connectivity index (χ4n) is 1.16. The van der Waals surface area contributed by atoms with Gasteiger partial charge in [-0.2, -0.15) is 0 Å². The highest BCUT2D eigenvalue weighted by molar-refractivity contribution is 7.84. The molecule has 0 atom stereocenters. The molecule has 0 unspecified atom stereocenters. The van der Waals surface area contributed by atoms with Crippen molar-refractivity contribution in [3.05, 3.63) is 24.3 Å². The standard InChI is InChI=1S/C12H19N2O2.CH4O3S/c1-13(2)12(15)16-11-8-6-7-10(9-11)14(3,4)5;1-5(2,3)4/h6-9H,1-5H3;1H3,(H,2,3,4)/q+1;/p-1. The minimum atomic E-state index is -3.92. The Morgan fingerprint density at radius 3 is 2.10 bits per heavy atom. The largest absolute Gasteiger partial charge is 0.748 e. The van der Waals surface area contributed by atoms with Gasteiger partial charge in [0.05, 0.1) is 31.3 Å². The van der Waals surface area contributed by atoms with Crippen LogP contribution in [0.15, 0.2) is 24.3 Å². The van der Waals surface area contributed by atoms with E-state index < -0.39 is 10.1 Å². The number of hydrogen-bond donors (Lipinski definition) is 0. The van der Waals surface area contributed by atoms with Crippen LogP contribution in [0.25, 0.3) is 0 Å². The maximum Gasteiger partial charge on any atom is 0.414 e. The number of carbonyl (C=O) groups is 1. The van der Waals surface area contributed by atoms with Crippen molar-refractivity contribution in [3.8, 4) is 5.75 Å². The Kier molecular flexibility index (Phi) is 6.81. The summed E-state index contributed by atoms with van der Waals surface area (Å²) in [5.41, 5.74) is 1.09. The molecule has 1 aromatic rings. The molecule has 1 amide bonds. The summed E-state index contributed by atoms with van der Waals surface area (Å²) in [6, 6.07) is 7.55. The van der Waals surface area contributed by atoms with Crippen molar-refractivity contribution in [1.29, 1.82) is 0 Å². The quantitative estimate of drug-likeness (QED) is 0.602. The van der Waals surface area contributed by atoms with Crippen molar-refractivity contribution < 1.29 is 22.5 Å². The molecular weight excluding hydrogens is 296 g/mol. The number of benzene rings is 1. The molecule has 0 saturated carbocycles. The highest BCUT2D eigenvalue weighted by atomic mass is 32.2. The average Bonchev–Trinajstić information content (AvgIpc) is 2.25. The predicted octanol–water partition coefficient (Wildman–Crippen LogP) is 1.11. The van der Waals surface area contributed by atoms with Crippen LogP contribution in [0.1, 0.15) is 0 Å². The average molecular weight is 318 g/mol. The summed E-state index contributed by atoms with van der Waals surface area (Å²) in [6.45, 7) is 0. The number of ether oxygens (including phenoxy) is 1. The highest BCUT2D eigenvalue weighted by Gasteiger charge is 2.14. The SMILES string of the molecule is CN(C)C(=O)Oc1cccc([N+](C)(C)C)c1.CS(=O)(=O)[O-]. The van der Waals surface area contributed by atoms with E-state index in [0.717, 1.165) is 5.69 Å². The van der Waals surface area contributed by atoms with Crippen molar-refractivity contribution in [2.45, 2.75) is 0 Å². The van der Waals surface area contributed by atoms with E-state index in [1.165, 1.54) is 4.90 Å². The van der Waals surface area contributed by atoms with E-state index >= 15 is 0 Å². The number of nitrogens with zero attached hydrogens (tertiary/aromatic N) is 2. The summed E-state index contributed by atoms with van der Waals surface area (Å²) in [4.78, 5) is 12.8. The Morgan fingerprint density at radius 1 is 1.24 bits per heavy atom. The second-order valence-corrected chi connectivity index (χ2v) is 6.88. The number of amides is 1. The van der Waals surface area contributed by atoms with Crippen molar-refractivity contribution in [3.63, 3.8) is 0 Å². The van der Waals surface area contributed by atoms with Gasteiger partial charge in [0, 0.05) is 26.4 Å². The molecule has 0 aliphatic heterocycles. The van der Waals surface area contributed by atoms with Crippen LogP contribution in [0, 0.1) is 0 Å². The molecule has 0 fully saturated rings. The second-order valence-electron chi connectivity index (χ2n) is 5.48. The number of quaternary nitrogens is 1. The summed E-state index contributed by atoms with van der Waals surface area (Å²) in [5, 5.41) is 0. The monoisotopic (exact) mass is 318 g/mol. The third-order valence-electron chi connectivity index (χ3n) is 2.16. The molecule has 0 spiro atoms. The summed E-state index contributed by atoms with van der Waals surface area (Å²) in [5.74, 6) is 0.573. The lowest BCUT2D eigenvalue weighted by Crippen LogP contribution is -2.34. The lowest BCUT2D eigenvalue weighted by Gasteiger charge is -2.23. The molecule has 8 heteroatoms. The first-order valence-corrected chi connectivity index (χ1v) is 7.84. The van der Waals surface area contributed by atoms with E-state index in [9.17, 15) is 4.79 Å². The molecule has 1 aromatic carbocycles. The Morgan fingerprint density at radius 2 is 1.71 bits per heavy atom. The molecule has 120 valence electrons. The Bertz CT molecular complexity index is 568. The zero-order valence-electron chi connectivity index (χ0n) is 13.2. The van der Waals surface area contributed by atoms with Gasteiger partial charge >= 0.3 is 6.09 Å². The number of hydrogen-bond acceptors (Lipinski definition) is 5. The van der Waals surface area contributed by atoms with Crippen LogP contribution in [0.4, 0.5) is 10.5 Å². The molecule has 1 rings (SSSR count). The van der Waals surface area contributed by atoms with Crippen molar-refractivity contribution in [2.24, 2.45) is 0 Å². The van der Waals surface area contributed by atoms with Gasteiger partial charge < -0.3 is 14.2 Å². The number of carbonyl (C=O) groups excluding carboxylic acids is 1. The summed E-state index contributed by atoms with van der Waals surface area (Å²) in [6.07, 6.45) is 0.242. The Labute approximate surface area is 126 Å². The van der Waals surface area contributed by atoms with Crippen molar-refractivity contribution in [2.75, 3.05) is 41.5 Å². The van der Waals surface area contributed by atoms with Crippen LogP contribution >= 0.6 is 0 Å². The van der Waals surface area contributed by atoms with Crippen LogP contribution in [0.3, 0.4) is 0 Å². The minimum absolute atomic E-state index is 0.362. The molecule has 21 heavy (non-hydrogen) atoms. The fraction of sp³-hybridized carbons (Fsp3) is 0.462. The molecule has 7 nitrogen and oxygen atoms in total. The smallest absolute Gasteiger partial charge is 0.414 e. The van der Waals surface area contributed by atoms with E-state index in [2.05, 4.69) is 21.1 Å². The molecule has 0 radical (unpaired) electrons. The fourth-order valence-corrected chi connectivity index (χ4v) is 1.16. The second kappa shape index (κ2) is 7.39. The highest BCUT2D eigenvalue weighted by Crippen LogP contribution is 2.22. The summed E-state index contributed by atoms with van der Waals surface area (Å²) in [7, 11) is 5.59. The van der Waals surface area contributed by atoms with Crippen LogP contribution in [0.5, 0.6) is 5.75 Å². The van der Waals surface area contributed by atoms with E-state index in [0.29, 0.717) is 16.5 Å². The molecule has 0 N–H and O–H groups in total. The predicted molar refractivity (Wildman–Crippen MR) is 81.3 cm³/mol. The van der Waals surface area contributed by atoms with Crippen LogP contribution in [-0.2, 0) is 10.1 Å². The van der Waals surface area contributed by atoms with Gasteiger partial charge in [0.25, 0.3) is 0 Å². The Hall–Kier alpha value is -1.64. The molecule has 0 heterocycles. The number of rotatable bonds is 2. The summed E-state index contributed by atoms with van der Waals surface area (Å²) < 4.78 is 33.1. The summed E-state index contributed by atoms with van der Waals surface area (Å²) >= 11 is 0. The van der Waals surface area contributed by atoms with Gasteiger partial charge in [-0.3, -0.25) is 4.48 Å². The van der Waals surface area contributed by atoms with Gasteiger partial charge in [-0.05, 0) is 12.1 Å². The van der Waals surface area contributed by atoms with E-state index in [4.69, 9.17) is 17.7 Å². The van der Waals surface area contributed by atoms with Gasteiger partial charge in [0.1, 0.15) is 11.4 Å². The molecular formula is C13H22N2O5S. The Balaban J connectivity index is 0.000000690. The van der Waals surface area contributed by atoms with Crippen molar-refractivity contribution >= 4 is 21.9 Å².